The Morgan fingerprint density at radius 3 is 2.74 bits per heavy atom. The molecule has 0 atom stereocenters. The Bertz CT molecular complexity index is 676. The molecule has 0 bridgehead atoms. The fourth-order valence-corrected chi connectivity index (χ4v) is 2.26. The van der Waals surface area contributed by atoms with E-state index in [-0.39, 0.29) is 0 Å². The number of H-pyrrole nitrogens is 1. The molecule has 2 rings (SSSR count). The van der Waals surface area contributed by atoms with E-state index >= 15 is 0 Å². The second-order valence-corrected chi connectivity index (χ2v) is 6.58. The molecule has 1 radical (unpaired) electrons. The van der Waals surface area contributed by atoms with Crippen LogP contribution < -0.4 is 10.1 Å². The molecule has 0 aliphatic heterocycles. The van der Waals surface area contributed by atoms with E-state index in [9.17, 15) is 4.79 Å². The van der Waals surface area contributed by atoms with Crippen molar-refractivity contribution in [2.24, 2.45) is 0 Å². The first-order valence-electron chi connectivity index (χ1n) is 7.44. The van der Waals surface area contributed by atoms with Crippen LogP contribution in [-0.4, -0.2) is 29.2 Å². The molecule has 0 spiro atoms. The number of halogens is 1. The van der Waals surface area contributed by atoms with E-state index in [0.717, 1.165) is 22.2 Å². The van der Waals surface area contributed by atoms with E-state index < -0.39 is 11.7 Å². The molecule has 2 aromatic rings. The molecule has 125 valence electrons. The van der Waals surface area contributed by atoms with Gasteiger partial charge in [-0.1, -0.05) is 0 Å². The standard InChI is InChI=1S/C17H22ClN2O3/c1-11(20-16(21)23-17(2,3)4)14-10-19-15-6-5-12(9-13(14)15)22-8-7-18/h5-6,9-10,19H,7-8H2,1-4H3,(H,20,21). The largest absolute Gasteiger partial charge is 0.492 e. The first kappa shape index (κ1) is 17.5. The molecule has 0 fully saturated rings. The predicted octanol–water partition coefficient (Wildman–Crippen LogP) is 4.21. The predicted molar refractivity (Wildman–Crippen MR) is 91.9 cm³/mol. The third-order valence-electron chi connectivity index (χ3n) is 3.09. The van der Waals surface area contributed by atoms with Gasteiger partial charge in [-0.15, -0.1) is 11.6 Å². The first-order valence-corrected chi connectivity index (χ1v) is 7.97. The minimum absolute atomic E-state index is 0.434. The molecule has 2 N–H and O–H groups in total. The summed E-state index contributed by atoms with van der Waals surface area (Å²) in [5.41, 5.74) is 1.32. The summed E-state index contributed by atoms with van der Waals surface area (Å²) in [6.45, 7) is 7.76. The van der Waals surface area contributed by atoms with Gasteiger partial charge in [0.2, 0.25) is 0 Å². The maximum absolute atomic E-state index is 11.9. The minimum Gasteiger partial charge on any atom is -0.492 e. The first-order chi connectivity index (χ1) is 10.8. The highest BCUT2D eigenvalue weighted by Gasteiger charge is 2.20. The highest BCUT2D eigenvalue weighted by atomic mass is 35.5. The van der Waals surface area contributed by atoms with Crippen molar-refractivity contribution in [3.8, 4) is 5.75 Å². The van der Waals surface area contributed by atoms with Crippen LogP contribution in [-0.2, 0) is 4.74 Å². The summed E-state index contributed by atoms with van der Waals surface area (Å²) >= 11 is 5.64. The normalized spacial score (nSPS) is 11.7. The fraction of sp³-hybridized carbons (Fsp3) is 0.412. The van der Waals surface area contributed by atoms with Gasteiger partial charge in [0.05, 0.1) is 11.9 Å². The van der Waals surface area contributed by atoms with Crippen molar-refractivity contribution in [3.63, 3.8) is 0 Å². The van der Waals surface area contributed by atoms with Crippen LogP contribution in [0, 0.1) is 6.04 Å². The lowest BCUT2D eigenvalue weighted by molar-refractivity contribution is 0.0536. The Morgan fingerprint density at radius 1 is 1.35 bits per heavy atom. The van der Waals surface area contributed by atoms with Crippen molar-refractivity contribution in [3.05, 3.63) is 36.0 Å². The Hall–Kier alpha value is -1.88. The van der Waals surface area contributed by atoms with Crippen LogP contribution in [0.5, 0.6) is 5.75 Å². The molecule has 0 saturated heterocycles. The van der Waals surface area contributed by atoms with Crippen molar-refractivity contribution in [1.29, 1.82) is 0 Å². The number of hydrogen-bond donors (Lipinski definition) is 2. The zero-order valence-corrected chi connectivity index (χ0v) is 14.6. The number of carbonyl (C=O) groups excluding carboxylic acids is 1. The van der Waals surface area contributed by atoms with E-state index in [1.807, 2.05) is 52.1 Å². The lowest BCUT2D eigenvalue weighted by Gasteiger charge is -2.21. The highest BCUT2D eigenvalue weighted by Crippen LogP contribution is 2.27. The molecular formula is C17H22ClN2O3. The van der Waals surface area contributed by atoms with Gasteiger partial charge in [-0.25, -0.2) is 4.79 Å². The Morgan fingerprint density at radius 2 is 2.09 bits per heavy atom. The van der Waals surface area contributed by atoms with Gasteiger partial charge in [-0.3, -0.25) is 0 Å². The summed E-state index contributed by atoms with van der Waals surface area (Å²) < 4.78 is 10.8. The lowest BCUT2D eigenvalue weighted by atomic mass is 10.1. The van der Waals surface area contributed by atoms with Crippen LogP contribution in [0.3, 0.4) is 0 Å². The van der Waals surface area contributed by atoms with Crippen LogP contribution in [0.25, 0.3) is 10.9 Å². The van der Waals surface area contributed by atoms with Gasteiger partial charge in [0.1, 0.15) is 18.0 Å². The number of fused-ring (bicyclic) bond motifs is 1. The van der Waals surface area contributed by atoms with Gasteiger partial charge in [0.25, 0.3) is 0 Å². The Balaban J connectivity index is 2.16. The molecule has 0 aliphatic carbocycles. The molecule has 23 heavy (non-hydrogen) atoms. The van der Waals surface area contributed by atoms with Crippen LogP contribution >= 0.6 is 11.6 Å². The number of alkyl carbamates (subject to hydrolysis) is 1. The summed E-state index contributed by atoms with van der Waals surface area (Å²) in [4.78, 5) is 15.1. The topological polar surface area (TPSA) is 63.3 Å². The SMILES string of the molecule is C[C](NC(=O)OC(C)(C)C)c1c[nH]c2ccc(OCCCl)cc12. The summed E-state index contributed by atoms with van der Waals surface area (Å²) in [5.74, 6) is 1.17. The third kappa shape index (κ3) is 4.79. The number of alkyl halides is 1. The Labute approximate surface area is 141 Å². The van der Waals surface area contributed by atoms with Crippen molar-refractivity contribution < 1.29 is 14.3 Å². The number of hydrogen-bond acceptors (Lipinski definition) is 3. The number of aromatic nitrogens is 1. The fourth-order valence-electron chi connectivity index (χ4n) is 2.18. The number of nitrogens with one attached hydrogen (secondary N) is 2. The van der Waals surface area contributed by atoms with E-state index in [1.165, 1.54) is 0 Å². The van der Waals surface area contributed by atoms with Crippen molar-refractivity contribution in [2.45, 2.75) is 33.3 Å². The lowest BCUT2D eigenvalue weighted by Crippen LogP contribution is -2.34. The minimum atomic E-state index is -0.535. The van der Waals surface area contributed by atoms with Gasteiger partial charge in [-0.2, -0.15) is 0 Å². The molecule has 0 unspecified atom stereocenters. The zero-order chi connectivity index (χ0) is 17.0. The maximum Gasteiger partial charge on any atom is 0.408 e. The molecular weight excluding hydrogens is 316 g/mol. The van der Waals surface area contributed by atoms with E-state index in [1.54, 1.807) is 0 Å². The van der Waals surface area contributed by atoms with E-state index in [4.69, 9.17) is 21.1 Å². The summed E-state index contributed by atoms with van der Waals surface area (Å²) in [5, 5.41) is 3.73. The van der Waals surface area contributed by atoms with Gasteiger partial charge in [-0.05, 0) is 45.9 Å². The number of carbonyl (C=O) groups is 1. The molecule has 0 saturated carbocycles. The van der Waals surface area contributed by atoms with Crippen LogP contribution in [0.4, 0.5) is 4.79 Å². The summed E-state index contributed by atoms with van der Waals surface area (Å²) in [6.07, 6.45) is 1.38. The molecule has 5 nitrogen and oxygen atoms in total. The van der Waals surface area contributed by atoms with Crippen molar-refractivity contribution in [1.82, 2.24) is 10.3 Å². The van der Waals surface area contributed by atoms with E-state index in [2.05, 4.69) is 10.3 Å². The summed E-state index contributed by atoms with van der Waals surface area (Å²) in [7, 11) is 0. The smallest absolute Gasteiger partial charge is 0.408 e. The molecule has 1 aromatic carbocycles. The number of amides is 1. The highest BCUT2D eigenvalue weighted by molar-refractivity contribution is 6.18. The second-order valence-electron chi connectivity index (χ2n) is 6.20. The monoisotopic (exact) mass is 337 g/mol. The van der Waals surface area contributed by atoms with Crippen LogP contribution in [0.2, 0.25) is 0 Å². The summed E-state index contributed by atoms with van der Waals surface area (Å²) in [6, 6.07) is 6.45. The van der Waals surface area contributed by atoms with Crippen LogP contribution in [0.1, 0.15) is 33.3 Å². The van der Waals surface area contributed by atoms with Crippen molar-refractivity contribution >= 4 is 28.6 Å². The second kappa shape index (κ2) is 7.13. The zero-order valence-electron chi connectivity index (χ0n) is 13.8. The number of rotatable bonds is 5. The molecule has 1 aromatic heterocycles. The quantitative estimate of drug-likeness (QED) is 0.803. The van der Waals surface area contributed by atoms with Gasteiger partial charge >= 0.3 is 6.09 Å². The van der Waals surface area contributed by atoms with Crippen molar-refractivity contribution in [2.75, 3.05) is 12.5 Å². The average molecular weight is 338 g/mol. The van der Waals surface area contributed by atoms with Gasteiger partial charge in [0.15, 0.2) is 0 Å². The Kier molecular flexibility index (Phi) is 5.42. The molecule has 1 amide bonds. The van der Waals surface area contributed by atoms with Gasteiger partial charge < -0.3 is 19.8 Å². The molecule has 6 heteroatoms. The molecule has 1 heterocycles. The third-order valence-corrected chi connectivity index (χ3v) is 3.25. The molecule has 0 aliphatic rings. The van der Waals surface area contributed by atoms with Gasteiger partial charge in [0, 0.05) is 22.7 Å². The maximum atomic E-state index is 11.9. The van der Waals surface area contributed by atoms with Crippen LogP contribution in [0.15, 0.2) is 24.4 Å². The number of ether oxygens (including phenoxy) is 2. The van der Waals surface area contributed by atoms with E-state index in [0.29, 0.717) is 18.5 Å². The number of aromatic amines is 1. The number of benzene rings is 1. The average Bonchev–Trinajstić information content (AvgIpc) is 2.85.